The number of piperidine rings is 1. The highest BCUT2D eigenvalue weighted by Crippen LogP contribution is 2.48. The molecule has 2 aromatic heterocycles. The van der Waals surface area contributed by atoms with E-state index in [0.29, 0.717) is 95.1 Å². The predicted octanol–water partition coefficient (Wildman–Crippen LogP) is 7.31. The summed E-state index contributed by atoms with van der Waals surface area (Å²) in [5.41, 5.74) is 6.48. The summed E-state index contributed by atoms with van der Waals surface area (Å²) in [5, 5.41) is 57.5. The minimum absolute atomic E-state index is 0.00844. The van der Waals surface area contributed by atoms with Crippen LogP contribution in [0, 0.1) is 18.3 Å². The number of hydrogen-bond acceptors (Lipinski definition) is 14. The number of carbonyl (C=O) groups is 1. The average Bonchev–Trinajstić information content (AvgIpc) is 4.01. The Bertz CT molecular complexity index is 2600. The predicted molar refractivity (Wildman–Crippen MR) is 254 cm³/mol. The third kappa shape index (κ3) is 10.9. The number of fused-ring (bicyclic) bond motifs is 2. The van der Waals surface area contributed by atoms with Crippen LogP contribution in [-0.2, 0) is 11.0 Å². The average molecular weight is 948 g/mol. The van der Waals surface area contributed by atoms with Gasteiger partial charge in [0, 0.05) is 59.7 Å². The number of rotatable bonds is 18. The number of halogens is 3. The Morgan fingerprint density at radius 2 is 1.78 bits per heavy atom. The number of aliphatic hydroxyl groups excluding tert-OH is 2. The molecule has 19 heteroatoms. The number of amides is 1. The number of aromatic nitrogens is 3. The first kappa shape index (κ1) is 48.7. The molecule has 0 spiro atoms. The molecule has 0 radical (unpaired) electrons. The molecule has 8 rings (SSSR count). The molecule has 3 unspecified atom stereocenters. The number of aromatic hydroxyl groups is 2. The Labute approximate surface area is 393 Å². The number of benzene rings is 3. The molecule has 16 nitrogen and oxygen atoms in total. The summed E-state index contributed by atoms with van der Waals surface area (Å²) in [4.78, 5) is 24.2. The minimum Gasteiger partial charge on any atom is -0.494 e. The van der Waals surface area contributed by atoms with E-state index in [9.17, 15) is 38.4 Å². The molecule has 5 aromatic rings. The quantitative estimate of drug-likeness (QED) is 0.0311. The van der Waals surface area contributed by atoms with Gasteiger partial charge in [0.2, 0.25) is 17.7 Å². The summed E-state index contributed by atoms with van der Waals surface area (Å²) in [6.07, 6.45) is 1.09. The van der Waals surface area contributed by atoms with Crippen molar-refractivity contribution in [3.63, 3.8) is 0 Å². The first-order chi connectivity index (χ1) is 32.4. The van der Waals surface area contributed by atoms with Crippen LogP contribution in [0.1, 0.15) is 100 Å². The summed E-state index contributed by atoms with van der Waals surface area (Å²) < 4.78 is 54.2. The monoisotopic (exact) mass is 947 g/mol. The van der Waals surface area contributed by atoms with Crippen LogP contribution >= 0.6 is 0 Å². The van der Waals surface area contributed by atoms with Crippen molar-refractivity contribution >= 4 is 44.8 Å². The van der Waals surface area contributed by atoms with Gasteiger partial charge in [-0.1, -0.05) is 6.07 Å². The number of ether oxygens (including phenoxy) is 2. The van der Waals surface area contributed by atoms with Gasteiger partial charge in [0.05, 0.1) is 42.3 Å². The number of alkyl halides is 3. The van der Waals surface area contributed by atoms with Crippen LogP contribution < -0.4 is 36.5 Å². The fraction of sp³-hybridized carbons (Fsp3) is 0.531. The molecule has 368 valence electrons. The van der Waals surface area contributed by atoms with E-state index < -0.39 is 36.3 Å². The van der Waals surface area contributed by atoms with Gasteiger partial charge in [-0.2, -0.15) is 13.2 Å². The number of nitrogens with one attached hydrogen (secondary N) is 4. The zero-order valence-electron chi connectivity index (χ0n) is 39.0. The Kier molecular flexibility index (Phi) is 14.4. The van der Waals surface area contributed by atoms with Crippen molar-refractivity contribution in [3.05, 3.63) is 65.5 Å². The van der Waals surface area contributed by atoms with Gasteiger partial charge in [0.15, 0.2) is 11.5 Å². The van der Waals surface area contributed by atoms with Gasteiger partial charge in [-0.15, -0.1) is 0 Å². The normalized spacial score (nSPS) is 21.9. The van der Waals surface area contributed by atoms with Crippen LogP contribution in [0.15, 0.2) is 48.5 Å². The molecular weight excluding hydrogens is 884 g/mol. The number of nitrogens with two attached hydrogens (primary N) is 1. The fourth-order valence-corrected chi connectivity index (χ4v) is 9.87. The van der Waals surface area contributed by atoms with E-state index in [1.165, 1.54) is 10.6 Å². The topological polar surface area (TPSA) is 225 Å². The van der Waals surface area contributed by atoms with Gasteiger partial charge in [-0.05, 0) is 133 Å². The van der Waals surface area contributed by atoms with Crippen molar-refractivity contribution in [2.75, 3.05) is 56.8 Å². The molecule has 2 aliphatic carbocycles. The lowest BCUT2D eigenvalue weighted by atomic mass is 9.85. The zero-order valence-corrected chi connectivity index (χ0v) is 39.0. The van der Waals surface area contributed by atoms with Gasteiger partial charge in [0.25, 0.3) is 0 Å². The second kappa shape index (κ2) is 20.1. The van der Waals surface area contributed by atoms with Crippen LogP contribution in [0.3, 0.4) is 0 Å². The van der Waals surface area contributed by atoms with E-state index >= 15 is 0 Å². The van der Waals surface area contributed by atoms with Gasteiger partial charge in [0.1, 0.15) is 24.1 Å². The van der Waals surface area contributed by atoms with Crippen LogP contribution in [0.2, 0.25) is 0 Å². The smallest absolute Gasteiger partial charge is 0.416 e. The molecule has 3 aliphatic rings. The fourth-order valence-electron chi connectivity index (χ4n) is 9.87. The van der Waals surface area contributed by atoms with Crippen LogP contribution in [0.4, 0.5) is 30.4 Å². The molecule has 3 fully saturated rings. The molecule has 4 atom stereocenters. The van der Waals surface area contributed by atoms with Crippen LogP contribution in [0.25, 0.3) is 21.7 Å². The highest BCUT2D eigenvalue weighted by Gasteiger charge is 2.45. The maximum absolute atomic E-state index is 13.6. The van der Waals surface area contributed by atoms with E-state index in [0.717, 1.165) is 69.4 Å². The van der Waals surface area contributed by atoms with Crippen molar-refractivity contribution in [2.45, 2.75) is 115 Å². The molecule has 10 N–H and O–H groups in total. The third-order valence-electron chi connectivity index (χ3n) is 13.9. The molecule has 3 heterocycles. The van der Waals surface area contributed by atoms with E-state index in [1.54, 1.807) is 44.1 Å². The standard InChI is InChI=1S/C49H64F3N9O7/c1-27(30-19-31(49(50,51)52)21-32(53)20-30)55-44-35-22-40(39(67-4)23-37(35)56-28(2)57-44)68-26-48(16-17-48)25-60(3)42(63)9-6-18-54-24-29-10-12-33(13-11-29)58-36-8-5-7-34-43(36)47(66)61(46(34)65)38-14-15-41(62)59-45(38)64/h5,7-8,19-23,27,29,33,38,41,45,54,58-59,62,64-66H,6,9-18,24-26,53H2,1-4H3,(H,55,56,57)/t27-,29?,33?,38?,41?,45?/m1/s1. The molecule has 68 heavy (non-hydrogen) atoms. The van der Waals surface area contributed by atoms with E-state index in [2.05, 4.69) is 31.2 Å². The number of anilines is 3. The summed E-state index contributed by atoms with van der Waals surface area (Å²) in [7, 11) is 3.38. The Balaban J connectivity index is 0.784. The van der Waals surface area contributed by atoms with Crippen molar-refractivity contribution in [1.82, 2.24) is 30.1 Å². The molecule has 1 amide bonds. The first-order valence-electron chi connectivity index (χ1n) is 23.5. The zero-order chi connectivity index (χ0) is 48.5. The van der Waals surface area contributed by atoms with Crippen LogP contribution in [-0.4, -0.2) is 105 Å². The Morgan fingerprint density at radius 3 is 2.49 bits per heavy atom. The lowest BCUT2D eigenvalue weighted by Crippen LogP contribution is -2.47. The first-order valence-corrected chi connectivity index (χ1v) is 23.5. The molecule has 2 saturated carbocycles. The largest absolute Gasteiger partial charge is 0.494 e. The third-order valence-corrected chi connectivity index (χ3v) is 13.9. The van der Waals surface area contributed by atoms with Gasteiger partial charge < -0.3 is 56.5 Å². The molecule has 3 aromatic carbocycles. The second-order valence-corrected chi connectivity index (χ2v) is 19.1. The number of hydrogen-bond donors (Lipinski definition) is 9. The van der Waals surface area contributed by atoms with Crippen molar-refractivity contribution in [3.8, 4) is 23.3 Å². The van der Waals surface area contributed by atoms with Crippen molar-refractivity contribution in [2.24, 2.45) is 11.3 Å². The van der Waals surface area contributed by atoms with Gasteiger partial charge >= 0.3 is 6.18 Å². The number of methoxy groups -OCH3 is 1. The molecule has 1 aliphatic heterocycles. The number of carbonyl (C=O) groups excluding carboxylic acids is 1. The van der Waals surface area contributed by atoms with E-state index in [-0.39, 0.29) is 34.8 Å². The van der Waals surface area contributed by atoms with Crippen molar-refractivity contribution < 1.29 is 47.9 Å². The SMILES string of the molecule is COc1cc2nc(C)nc(N[C@H](C)c3cc(N)cc(C(F)(F)F)c3)c2cc1OCC1(CN(C)C(=O)CCCNCC2CCC(Nc3cccc4c(O)n(C5CCC(O)NC5O)c(O)c34)CC2)CC1. The molecule has 0 bridgehead atoms. The summed E-state index contributed by atoms with van der Waals surface area (Å²) in [6.45, 7) is 5.96. The van der Waals surface area contributed by atoms with Crippen LogP contribution in [0.5, 0.6) is 23.3 Å². The number of aliphatic hydroxyl groups is 2. The van der Waals surface area contributed by atoms with Gasteiger partial charge in [-0.25, -0.2) is 9.97 Å². The second-order valence-electron chi connectivity index (χ2n) is 19.1. The van der Waals surface area contributed by atoms with E-state index in [1.807, 2.05) is 19.2 Å². The summed E-state index contributed by atoms with van der Waals surface area (Å²) in [5.74, 6) is 2.15. The molecular formula is C49H64F3N9O7. The lowest BCUT2D eigenvalue weighted by Gasteiger charge is -2.33. The Morgan fingerprint density at radius 1 is 1.01 bits per heavy atom. The van der Waals surface area contributed by atoms with Gasteiger partial charge in [-0.3, -0.25) is 14.7 Å². The lowest BCUT2D eigenvalue weighted by molar-refractivity contribution is -0.137. The maximum atomic E-state index is 13.6. The molecule has 1 saturated heterocycles. The van der Waals surface area contributed by atoms with Crippen molar-refractivity contribution in [1.29, 1.82) is 0 Å². The minimum atomic E-state index is -4.54. The highest BCUT2D eigenvalue weighted by molar-refractivity contribution is 6.02. The number of nitrogen functional groups attached to an aromatic ring is 1. The summed E-state index contributed by atoms with van der Waals surface area (Å²) in [6, 6.07) is 11.5. The maximum Gasteiger partial charge on any atom is 0.416 e. The number of nitrogens with zero attached hydrogens (tertiary/aromatic N) is 4. The van der Waals surface area contributed by atoms with E-state index in [4.69, 9.17) is 15.2 Å². The highest BCUT2D eigenvalue weighted by atomic mass is 19.4. The Hall–Kier alpha value is -5.76. The number of aryl methyl sites for hydroxylation is 1. The summed E-state index contributed by atoms with van der Waals surface area (Å²) >= 11 is 0.